The van der Waals surface area contributed by atoms with Gasteiger partial charge in [-0.3, -0.25) is 9.59 Å². The molecule has 1 aliphatic rings. The Morgan fingerprint density at radius 3 is 2.68 bits per heavy atom. The molecule has 4 nitrogen and oxygen atoms in total. The highest BCUT2D eigenvalue weighted by Crippen LogP contribution is 2.38. The van der Waals surface area contributed by atoms with Gasteiger partial charge in [-0.25, -0.2) is 0 Å². The van der Waals surface area contributed by atoms with Crippen LogP contribution in [0.2, 0.25) is 0 Å². The minimum absolute atomic E-state index is 0.0386. The number of piperidine rings is 1. The average Bonchev–Trinajstić information content (AvgIpc) is 2.56. The Morgan fingerprint density at radius 1 is 1.32 bits per heavy atom. The number of hydrogen-bond acceptors (Lipinski definition) is 3. The summed E-state index contributed by atoms with van der Waals surface area (Å²) in [5.41, 5.74) is 1.19. The minimum Gasteiger partial charge on any atom is -0.469 e. The molecular formula is C18H25NO3. The maximum Gasteiger partial charge on any atom is 0.305 e. The first kappa shape index (κ1) is 16.5. The van der Waals surface area contributed by atoms with Crippen molar-refractivity contribution in [3.63, 3.8) is 0 Å². The van der Waals surface area contributed by atoms with Crippen molar-refractivity contribution in [3.05, 3.63) is 35.9 Å². The number of likely N-dealkylation sites (tertiary alicyclic amines) is 1. The van der Waals surface area contributed by atoms with Gasteiger partial charge in [0.2, 0.25) is 5.91 Å². The van der Waals surface area contributed by atoms with Crippen LogP contribution in [0, 0.1) is 5.41 Å². The Labute approximate surface area is 132 Å². The second-order valence-corrected chi connectivity index (χ2v) is 6.17. The predicted molar refractivity (Wildman–Crippen MR) is 85.1 cm³/mol. The molecule has 0 saturated carbocycles. The molecule has 4 heteroatoms. The summed E-state index contributed by atoms with van der Waals surface area (Å²) in [7, 11) is 1.42. The summed E-state index contributed by atoms with van der Waals surface area (Å²) in [6, 6.07) is 10.1. The van der Waals surface area contributed by atoms with Gasteiger partial charge in [-0.2, -0.15) is 0 Å². The molecule has 0 aliphatic carbocycles. The number of hydrogen-bond donors (Lipinski definition) is 0. The van der Waals surface area contributed by atoms with Gasteiger partial charge in [0.05, 0.1) is 7.11 Å². The number of benzene rings is 1. The van der Waals surface area contributed by atoms with E-state index in [4.69, 9.17) is 4.74 Å². The average molecular weight is 303 g/mol. The lowest BCUT2D eigenvalue weighted by Crippen LogP contribution is -2.46. The molecule has 0 radical (unpaired) electrons. The number of amides is 1. The van der Waals surface area contributed by atoms with Crippen LogP contribution >= 0.6 is 0 Å². The molecule has 1 unspecified atom stereocenters. The SMILES string of the molecule is CCC1(CCC(=O)OC)CCC(=O)N(Cc2ccccc2)C1. The predicted octanol–water partition coefficient (Wildman–Crippen LogP) is 3.16. The first-order chi connectivity index (χ1) is 10.6. The fourth-order valence-electron chi connectivity index (χ4n) is 3.19. The van der Waals surface area contributed by atoms with Crippen LogP contribution in [0.25, 0.3) is 0 Å². The quantitative estimate of drug-likeness (QED) is 0.758. The monoisotopic (exact) mass is 303 g/mol. The molecule has 1 aromatic rings. The van der Waals surface area contributed by atoms with E-state index in [2.05, 4.69) is 6.92 Å². The summed E-state index contributed by atoms with van der Waals surface area (Å²) in [4.78, 5) is 25.6. The van der Waals surface area contributed by atoms with Crippen molar-refractivity contribution >= 4 is 11.9 Å². The molecule has 1 saturated heterocycles. The molecule has 1 heterocycles. The fourth-order valence-corrected chi connectivity index (χ4v) is 3.19. The lowest BCUT2D eigenvalue weighted by molar-refractivity contribution is -0.142. The molecule has 0 aromatic heterocycles. The van der Waals surface area contributed by atoms with Crippen molar-refractivity contribution in [2.75, 3.05) is 13.7 Å². The Kier molecular flexibility index (Phi) is 5.58. The van der Waals surface area contributed by atoms with Crippen LogP contribution in [0.5, 0.6) is 0 Å². The summed E-state index contributed by atoms with van der Waals surface area (Å²) in [6.07, 6.45) is 3.63. The van der Waals surface area contributed by atoms with E-state index >= 15 is 0 Å². The number of ether oxygens (including phenoxy) is 1. The topological polar surface area (TPSA) is 46.6 Å². The van der Waals surface area contributed by atoms with E-state index in [0.29, 0.717) is 19.4 Å². The third kappa shape index (κ3) is 4.09. The zero-order valence-electron chi connectivity index (χ0n) is 13.5. The van der Waals surface area contributed by atoms with Crippen molar-refractivity contribution in [3.8, 4) is 0 Å². The van der Waals surface area contributed by atoms with E-state index in [1.165, 1.54) is 7.11 Å². The van der Waals surface area contributed by atoms with E-state index in [1.54, 1.807) is 0 Å². The van der Waals surface area contributed by atoms with E-state index in [1.807, 2.05) is 35.2 Å². The molecule has 1 aromatic carbocycles. The molecule has 2 rings (SSSR count). The third-order valence-electron chi connectivity index (χ3n) is 4.80. The number of methoxy groups -OCH3 is 1. The van der Waals surface area contributed by atoms with Crippen LogP contribution in [0.4, 0.5) is 0 Å². The fraction of sp³-hybridized carbons (Fsp3) is 0.556. The van der Waals surface area contributed by atoms with Gasteiger partial charge < -0.3 is 9.64 Å². The van der Waals surface area contributed by atoms with Gasteiger partial charge in [-0.15, -0.1) is 0 Å². The lowest BCUT2D eigenvalue weighted by atomic mass is 9.74. The molecule has 0 spiro atoms. The molecule has 0 bridgehead atoms. The largest absolute Gasteiger partial charge is 0.469 e. The zero-order chi connectivity index (χ0) is 16.0. The molecule has 22 heavy (non-hydrogen) atoms. The Bertz CT molecular complexity index is 514. The maximum atomic E-state index is 12.2. The number of carbonyl (C=O) groups is 2. The van der Waals surface area contributed by atoms with Gasteiger partial charge in [0.15, 0.2) is 0 Å². The summed E-state index contributed by atoms with van der Waals surface area (Å²) < 4.78 is 4.75. The van der Waals surface area contributed by atoms with Crippen LogP contribution in [0.1, 0.15) is 44.6 Å². The number of nitrogens with zero attached hydrogens (tertiary/aromatic N) is 1. The first-order valence-electron chi connectivity index (χ1n) is 7.97. The van der Waals surface area contributed by atoms with Crippen molar-refractivity contribution in [2.24, 2.45) is 5.41 Å². The van der Waals surface area contributed by atoms with E-state index in [-0.39, 0.29) is 17.3 Å². The standard InChI is InChI=1S/C18H25NO3/c1-3-18(12-10-17(21)22-2)11-9-16(20)19(14-18)13-15-7-5-4-6-8-15/h4-8H,3,9-14H2,1-2H3. The number of carbonyl (C=O) groups excluding carboxylic acids is 2. The van der Waals surface area contributed by atoms with Crippen LogP contribution < -0.4 is 0 Å². The van der Waals surface area contributed by atoms with Crippen LogP contribution in [-0.2, 0) is 20.9 Å². The molecular weight excluding hydrogens is 278 g/mol. The normalized spacial score (nSPS) is 21.7. The molecule has 0 N–H and O–H groups in total. The van der Waals surface area contributed by atoms with Gasteiger partial charge >= 0.3 is 5.97 Å². The zero-order valence-corrected chi connectivity index (χ0v) is 13.5. The van der Waals surface area contributed by atoms with Crippen molar-refractivity contribution in [2.45, 2.75) is 45.6 Å². The molecule has 1 aliphatic heterocycles. The Morgan fingerprint density at radius 2 is 2.05 bits per heavy atom. The molecule has 1 fully saturated rings. The third-order valence-corrected chi connectivity index (χ3v) is 4.80. The van der Waals surface area contributed by atoms with Crippen LogP contribution in [-0.4, -0.2) is 30.4 Å². The highest BCUT2D eigenvalue weighted by atomic mass is 16.5. The van der Waals surface area contributed by atoms with Crippen LogP contribution in [0.15, 0.2) is 30.3 Å². The highest BCUT2D eigenvalue weighted by Gasteiger charge is 2.37. The Balaban J connectivity index is 2.04. The summed E-state index contributed by atoms with van der Waals surface area (Å²) >= 11 is 0. The molecule has 1 amide bonds. The van der Waals surface area contributed by atoms with Gasteiger partial charge in [-0.1, -0.05) is 37.3 Å². The Hall–Kier alpha value is -1.84. The van der Waals surface area contributed by atoms with Gasteiger partial charge in [-0.05, 0) is 30.2 Å². The second-order valence-electron chi connectivity index (χ2n) is 6.17. The first-order valence-corrected chi connectivity index (χ1v) is 7.97. The summed E-state index contributed by atoms with van der Waals surface area (Å²) in [5, 5.41) is 0. The minimum atomic E-state index is -0.167. The van der Waals surface area contributed by atoms with E-state index < -0.39 is 0 Å². The van der Waals surface area contributed by atoms with Crippen molar-refractivity contribution in [1.29, 1.82) is 0 Å². The highest BCUT2D eigenvalue weighted by molar-refractivity contribution is 5.77. The van der Waals surface area contributed by atoms with Crippen molar-refractivity contribution < 1.29 is 14.3 Å². The molecule has 120 valence electrons. The number of rotatable bonds is 6. The molecule has 1 atom stereocenters. The van der Waals surface area contributed by atoms with Gasteiger partial charge in [0.25, 0.3) is 0 Å². The van der Waals surface area contributed by atoms with Gasteiger partial charge in [0.1, 0.15) is 0 Å². The lowest BCUT2D eigenvalue weighted by Gasteiger charge is -2.42. The smallest absolute Gasteiger partial charge is 0.305 e. The van der Waals surface area contributed by atoms with Crippen LogP contribution in [0.3, 0.4) is 0 Å². The van der Waals surface area contributed by atoms with Gasteiger partial charge in [0, 0.05) is 25.9 Å². The second kappa shape index (κ2) is 7.43. The maximum absolute atomic E-state index is 12.2. The van der Waals surface area contributed by atoms with Crippen molar-refractivity contribution in [1.82, 2.24) is 4.90 Å². The van der Waals surface area contributed by atoms with E-state index in [0.717, 1.165) is 31.4 Å². The van der Waals surface area contributed by atoms with E-state index in [9.17, 15) is 9.59 Å². The summed E-state index contributed by atoms with van der Waals surface area (Å²) in [5.74, 6) is 0.0466. The summed E-state index contributed by atoms with van der Waals surface area (Å²) in [6.45, 7) is 3.53. The number of esters is 1.